The summed E-state index contributed by atoms with van der Waals surface area (Å²) >= 11 is 0. The Morgan fingerprint density at radius 2 is 0.944 bits per heavy atom. The zero-order valence-corrected chi connectivity index (χ0v) is 58.0. The average Bonchev–Trinajstić information content (AvgIpc) is 0.965. The summed E-state index contributed by atoms with van der Waals surface area (Å²) < 4.78 is 0. The minimum atomic E-state index is -1.64. The summed E-state index contributed by atoms with van der Waals surface area (Å²) in [6, 6.07) is -13.1. The number of rotatable bonds is 18. The SMILES string of the molecule is C/C=C/C[C@@H](C)[C@@H](O)[C@H]1C(=O)N[C@@H](CC)C(=O)N(C)CC(=O)N(C)[C@@H](CC(C)C)C(=O)N[C@@H](C(C)C)C(=O)N(C)[C@@H](CC(C)C)C(=O)N[C@@H](C)C(=O)N[C@H](CCC(N)=O)C(=O)N(C)[C@@H](CC(C)C)C(=O)N(C)[C@@H](CC(C)C)C(=O)N(C)[C@@H](C(C)C)C(=O)N1C. The van der Waals surface area contributed by atoms with E-state index < -0.39 is 162 Å². The maximum atomic E-state index is 15.2. The van der Waals surface area contributed by atoms with Gasteiger partial charge in [-0.25, -0.2) is 0 Å². The molecule has 7 N–H and O–H groups in total. The van der Waals surface area contributed by atoms with Crippen molar-refractivity contribution < 1.29 is 62.6 Å². The molecule has 0 aromatic heterocycles. The number of nitrogens with two attached hydrogens (primary N) is 1. The van der Waals surface area contributed by atoms with Crippen molar-refractivity contribution in [1.29, 1.82) is 0 Å². The smallest absolute Gasteiger partial charge is 0.246 e. The maximum absolute atomic E-state index is 15.2. The molecule has 0 aromatic rings. The van der Waals surface area contributed by atoms with Crippen LogP contribution >= 0.6 is 0 Å². The lowest BCUT2D eigenvalue weighted by Gasteiger charge is -2.41. The van der Waals surface area contributed by atoms with Gasteiger partial charge in [-0.1, -0.05) is 109 Å². The lowest BCUT2D eigenvalue weighted by Crippen LogP contribution is -2.63. The molecule has 0 aliphatic carbocycles. The van der Waals surface area contributed by atoms with Crippen LogP contribution < -0.4 is 27.0 Å². The molecule has 0 saturated carbocycles. The Hall–Kier alpha value is -6.66. The third-order valence-electron chi connectivity index (χ3n) is 16.6. The molecule has 0 aromatic carbocycles. The van der Waals surface area contributed by atoms with E-state index in [4.69, 9.17) is 5.73 Å². The van der Waals surface area contributed by atoms with Crippen molar-refractivity contribution in [3.8, 4) is 0 Å². The summed E-state index contributed by atoms with van der Waals surface area (Å²) in [6.45, 7) is 27.5. The van der Waals surface area contributed by atoms with Gasteiger partial charge in [-0.05, 0) is 100 Å². The first-order chi connectivity index (χ1) is 41.1. The normalized spacial score (nSPS) is 26.2. The predicted molar refractivity (Wildman–Crippen MR) is 341 cm³/mol. The van der Waals surface area contributed by atoms with E-state index in [0.29, 0.717) is 6.42 Å². The molecule has 25 heteroatoms. The van der Waals surface area contributed by atoms with Crippen molar-refractivity contribution in [1.82, 2.24) is 55.6 Å². The van der Waals surface area contributed by atoms with E-state index in [1.807, 2.05) is 55.4 Å². The predicted octanol–water partition coefficient (Wildman–Crippen LogP) is 2.51. The molecular weight excluding hydrogens is 1140 g/mol. The molecular formula is C64H114N12O13. The molecule has 12 atom stereocenters. The summed E-state index contributed by atoms with van der Waals surface area (Å²) in [6.07, 6.45) is 2.08. The van der Waals surface area contributed by atoms with E-state index in [0.717, 1.165) is 14.7 Å². The number of nitrogens with one attached hydrogen (secondary N) is 4. The van der Waals surface area contributed by atoms with Gasteiger partial charge in [0.1, 0.15) is 60.4 Å². The van der Waals surface area contributed by atoms with Crippen LogP contribution in [0.5, 0.6) is 0 Å². The molecule has 1 fully saturated rings. The Balaban J connectivity index is 4.45. The Kier molecular flexibility index (Phi) is 33.3. The van der Waals surface area contributed by atoms with Crippen LogP contribution in [0, 0.1) is 41.4 Å². The van der Waals surface area contributed by atoms with Crippen LogP contribution in [0.15, 0.2) is 12.2 Å². The highest BCUT2D eigenvalue weighted by atomic mass is 16.3. The monoisotopic (exact) mass is 1260 g/mol. The third kappa shape index (κ3) is 23.3. The first-order valence-corrected chi connectivity index (χ1v) is 31.7. The van der Waals surface area contributed by atoms with E-state index in [-0.39, 0.29) is 68.6 Å². The highest BCUT2D eigenvalue weighted by molar-refractivity contribution is 6.00. The van der Waals surface area contributed by atoms with Crippen molar-refractivity contribution >= 4 is 70.9 Å². The van der Waals surface area contributed by atoms with Crippen LogP contribution in [0.2, 0.25) is 0 Å². The number of hydrogen-bond acceptors (Lipinski definition) is 13. The number of nitrogens with zero attached hydrogens (tertiary/aromatic N) is 7. The van der Waals surface area contributed by atoms with Crippen LogP contribution in [0.3, 0.4) is 0 Å². The van der Waals surface area contributed by atoms with E-state index in [1.54, 1.807) is 60.6 Å². The molecule has 508 valence electrons. The molecule has 1 aliphatic heterocycles. The number of allylic oxidation sites excluding steroid dienone is 2. The van der Waals surface area contributed by atoms with Crippen molar-refractivity contribution in [2.24, 2.45) is 47.2 Å². The molecule has 25 nitrogen and oxygen atoms in total. The number of primary amides is 1. The van der Waals surface area contributed by atoms with Gasteiger partial charge in [0, 0.05) is 55.8 Å². The Bertz CT molecular complexity index is 2470. The van der Waals surface area contributed by atoms with Crippen LogP contribution in [-0.2, 0) is 57.5 Å². The fourth-order valence-corrected chi connectivity index (χ4v) is 11.1. The van der Waals surface area contributed by atoms with E-state index in [2.05, 4.69) is 21.3 Å². The number of likely N-dealkylation sites (N-methyl/N-ethyl adjacent to an activating group) is 7. The summed E-state index contributed by atoms with van der Waals surface area (Å²) in [5.74, 6) is -11.4. The highest BCUT2D eigenvalue weighted by Gasteiger charge is 2.46. The van der Waals surface area contributed by atoms with Crippen LogP contribution in [-0.4, -0.2) is 233 Å². The van der Waals surface area contributed by atoms with Crippen molar-refractivity contribution in [2.45, 2.75) is 229 Å². The van der Waals surface area contributed by atoms with Crippen molar-refractivity contribution in [3.63, 3.8) is 0 Å². The molecule has 0 bridgehead atoms. The Labute approximate surface area is 531 Å². The van der Waals surface area contributed by atoms with Gasteiger partial charge in [-0.2, -0.15) is 0 Å². The number of carbonyl (C=O) groups excluding carboxylic acids is 12. The maximum Gasteiger partial charge on any atom is 0.246 e. The molecule has 1 saturated heterocycles. The summed E-state index contributed by atoms with van der Waals surface area (Å²) in [7, 11) is 9.71. The largest absolute Gasteiger partial charge is 0.390 e. The first-order valence-electron chi connectivity index (χ1n) is 31.7. The first kappa shape index (κ1) is 80.4. The second kappa shape index (κ2) is 36.9. The van der Waals surface area contributed by atoms with Crippen molar-refractivity contribution in [3.05, 3.63) is 12.2 Å². The quantitative estimate of drug-likeness (QED) is 0.108. The zero-order valence-electron chi connectivity index (χ0n) is 58.0. The fourth-order valence-electron chi connectivity index (χ4n) is 11.1. The second-order valence-corrected chi connectivity index (χ2v) is 26.9. The molecule has 1 rings (SSSR count). The minimum Gasteiger partial charge on any atom is -0.390 e. The summed E-state index contributed by atoms with van der Waals surface area (Å²) in [4.78, 5) is 182. The minimum absolute atomic E-state index is 0.00586. The number of carbonyl (C=O) groups is 12. The molecule has 12 amide bonds. The van der Waals surface area contributed by atoms with Gasteiger partial charge < -0.3 is 66.4 Å². The number of aliphatic hydroxyl groups excluding tert-OH is 1. The van der Waals surface area contributed by atoms with Gasteiger partial charge in [-0.3, -0.25) is 57.5 Å². The number of hydrogen-bond donors (Lipinski definition) is 6. The van der Waals surface area contributed by atoms with E-state index >= 15 is 14.4 Å². The van der Waals surface area contributed by atoms with Gasteiger partial charge in [0.2, 0.25) is 70.9 Å². The third-order valence-corrected chi connectivity index (χ3v) is 16.6. The molecule has 0 radical (unpaired) electrons. The number of amides is 12. The van der Waals surface area contributed by atoms with E-state index in [1.165, 1.54) is 75.9 Å². The lowest BCUT2D eigenvalue weighted by atomic mass is 9.91. The molecule has 0 spiro atoms. The molecule has 89 heavy (non-hydrogen) atoms. The summed E-state index contributed by atoms with van der Waals surface area (Å²) in [5.41, 5.74) is 5.58. The van der Waals surface area contributed by atoms with Gasteiger partial charge in [0.15, 0.2) is 0 Å². The molecule has 1 aliphatic rings. The fraction of sp³-hybridized carbons (Fsp3) is 0.781. The highest BCUT2D eigenvalue weighted by Crippen LogP contribution is 2.26. The standard InChI is InChI=1S/C64H114N12O13/c1-24-26-27-41(15)54(79)53-58(83)67-43(25-2)59(84)70(17)34-50(78)71(18)45(30-35(3)4)57(82)69-51(39(11)12)63(88)72(19)46(31-36(5)6)56(81)66-42(16)55(80)68-44(28-29-49(65)77)60(85)73(20)47(32-37(7)8)61(86)74(21)48(33-38(9)10)62(87)75(22)52(40(13)14)64(89)76(53)23/h24,26,35-48,51-54,79H,25,27-34H2,1-23H3,(H2,65,77)(H,66,81)(H,67,83)(H,68,80)(H,69,82)/b26-24+/t41-,42+,43+,44-,45+,46+,47+,48+,51+,52+,53+,54-/m1/s1. The van der Waals surface area contributed by atoms with Crippen LogP contribution in [0.4, 0.5) is 0 Å². The summed E-state index contributed by atoms with van der Waals surface area (Å²) in [5, 5.41) is 23.0. The van der Waals surface area contributed by atoms with Gasteiger partial charge >= 0.3 is 0 Å². The van der Waals surface area contributed by atoms with Gasteiger partial charge in [0.25, 0.3) is 0 Å². The van der Waals surface area contributed by atoms with E-state index in [9.17, 15) is 48.3 Å². The Morgan fingerprint density at radius 3 is 1.39 bits per heavy atom. The van der Waals surface area contributed by atoms with Crippen LogP contribution in [0.1, 0.15) is 162 Å². The van der Waals surface area contributed by atoms with Gasteiger partial charge in [-0.15, -0.1) is 0 Å². The van der Waals surface area contributed by atoms with Crippen LogP contribution in [0.25, 0.3) is 0 Å². The zero-order chi connectivity index (χ0) is 69.0. The number of aliphatic hydroxyl groups is 1. The van der Waals surface area contributed by atoms with Crippen molar-refractivity contribution in [2.75, 3.05) is 55.9 Å². The molecule has 0 unspecified atom stereocenters. The Morgan fingerprint density at radius 1 is 0.517 bits per heavy atom. The molecule has 1 heterocycles. The topological polar surface area (TPSA) is 322 Å². The van der Waals surface area contributed by atoms with Gasteiger partial charge in [0.05, 0.1) is 12.6 Å². The average molecular weight is 1260 g/mol. The second-order valence-electron chi connectivity index (χ2n) is 26.9. The lowest BCUT2D eigenvalue weighted by molar-refractivity contribution is -0.157.